The van der Waals surface area contributed by atoms with Crippen LogP contribution in [0.2, 0.25) is 0 Å². The fourth-order valence-corrected chi connectivity index (χ4v) is 6.58. The molecule has 0 saturated carbocycles. The molecule has 0 aliphatic carbocycles. The fraction of sp³-hybridized carbons (Fsp3) is 0.385. The largest absolute Gasteiger partial charge is 0.508 e. The number of phenolic OH excluding ortho intramolecular Hbond substituents is 2. The van der Waals surface area contributed by atoms with Crippen LogP contribution in [0.15, 0.2) is 60.7 Å². The van der Waals surface area contributed by atoms with Gasteiger partial charge in [0, 0.05) is 6.66 Å². The summed E-state index contributed by atoms with van der Waals surface area (Å²) in [7, 11) is -4.19. The molecular formula is C39H51ClO8P2. The quantitative estimate of drug-likeness (QED) is 0.105. The lowest BCUT2D eigenvalue weighted by Crippen LogP contribution is -2.02. The first kappa shape index (κ1) is 41.2. The Morgan fingerprint density at radius 3 is 1.26 bits per heavy atom. The Hall–Kier alpha value is -3.25. The summed E-state index contributed by atoms with van der Waals surface area (Å²) in [5.74, 6) is 2.32. The molecule has 4 aromatic carbocycles. The van der Waals surface area contributed by atoms with E-state index in [1.807, 2.05) is 71.9 Å². The summed E-state index contributed by atoms with van der Waals surface area (Å²) in [6, 6.07) is 19.0. The predicted octanol–water partition coefficient (Wildman–Crippen LogP) is 10.4. The van der Waals surface area contributed by atoms with Crippen molar-refractivity contribution in [3.63, 3.8) is 0 Å². The molecule has 272 valence electrons. The van der Waals surface area contributed by atoms with Crippen LogP contribution in [-0.4, -0.2) is 39.4 Å². The van der Waals surface area contributed by atoms with Crippen molar-refractivity contribution in [1.82, 2.24) is 0 Å². The average molecular weight is 745 g/mol. The van der Waals surface area contributed by atoms with Crippen molar-refractivity contribution < 1.29 is 38.6 Å². The maximum atomic E-state index is 11.6. The summed E-state index contributed by atoms with van der Waals surface area (Å²) in [4.78, 5) is 17.9. The predicted molar refractivity (Wildman–Crippen MR) is 204 cm³/mol. The minimum atomic E-state index is -4.19. The molecule has 0 aliphatic rings. The highest BCUT2D eigenvalue weighted by Gasteiger charge is 2.17. The molecule has 0 fully saturated rings. The number of aromatic hydroxyl groups is 2. The molecule has 4 aromatic rings. The molecule has 4 N–H and O–H groups in total. The molecule has 0 spiro atoms. The van der Waals surface area contributed by atoms with Gasteiger partial charge in [-0.25, -0.2) is 0 Å². The summed E-state index contributed by atoms with van der Waals surface area (Å²) < 4.78 is 33.3. The Balaban J connectivity index is 0.000000270. The maximum Gasteiger partial charge on any atom is 0.362 e. The van der Waals surface area contributed by atoms with Crippen molar-refractivity contribution in [2.45, 2.75) is 80.1 Å². The monoisotopic (exact) mass is 744 g/mol. The molecule has 8 nitrogen and oxygen atoms in total. The molecule has 0 saturated heterocycles. The van der Waals surface area contributed by atoms with Crippen molar-refractivity contribution in [2.24, 2.45) is 0 Å². The molecule has 50 heavy (non-hydrogen) atoms. The minimum absolute atomic E-state index is 0.0303. The topological polar surface area (TPSA) is 134 Å². The number of benzene rings is 4. The van der Waals surface area contributed by atoms with Crippen molar-refractivity contribution in [3.05, 3.63) is 116 Å². The van der Waals surface area contributed by atoms with E-state index in [0.717, 1.165) is 57.3 Å². The molecule has 4 rings (SSSR count). The number of aryl methyl sites for hydroxylation is 4. The third kappa shape index (κ3) is 12.5. The van der Waals surface area contributed by atoms with Crippen LogP contribution in [0, 0.1) is 27.7 Å². The minimum Gasteiger partial charge on any atom is -0.508 e. The lowest BCUT2D eigenvalue weighted by atomic mass is 9.93. The molecule has 0 bridgehead atoms. The van der Waals surface area contributed by atoms with E-state index in [1.165, 1.54) is 17.8 Å². The zero-order chi connectivity index (χ0) is 37.6. The molecule has 11 heteroatoms. The van der Waals surface area contributed by atoms with Crippen molar-refractivity contribution in [1.29, 1.82) is 0 Å². The van der Waals surface area contributed by atoms with Gasteiger partial charge in [0.2, 0.25) is 6.49 Å². The van der Waals surface area contributed by atoms with Gasteiger partial charge in [-0.3, -0.25) is 4.57 Å². The van der Waals surface area contributed by atoms with Crippen LogP contribution in [0.5, 0.6) is 23.0 Å². The highest BCUT2D eigenvalue weighted by atomic mass is 35.7. The Kier molecular flexibility index (Phi) is 14.3. The second-order valence-corrected chi connectivity index (χ2v) is 19.7. The molecule has 0 heterocycles. The van der Waals surface area contributed by atoms with Gasteiger partial charge in [-0.05, 0) is 144 Å². The third-order valence-electron chi connectivity index (χ3n) is 8.39. The molecule has 1 unspecified atom stereocenters. The SMILES string of the molecule is Cc1cc(OCP(=O)(O)O)cc(C)c1Cc1ccc(O)c(C(C)C)c1.Cc1cc(OCP(C)(=O)Cl)cc(C)c1Cc1ccc(O)c(C(C)C)c1. The summed E-state index contributed by atoms with van der Waals surface area (Å²) >= 11 is 5.76. The van der Waals surface area contributed by atoms with Crippen LogP contribution in [0.4, 0.5) is 0 Å². The second kappa shape index (κ2) is 17.3. The fourth-order valence-electron chi connectivity index (χ4n) is 5.74. The van der Waals surface area contributed by atoms with E-state index < -0.39 is 20.4 Å². The van der Waals surface area contributed by atoms with Gasteiger partial charge >= 0.3 is 7.60 Å². The van der Waals surface area contributed by atoms with Gasteiger partial charge in [0.1, 0.15) is 23.0 Å². The molecular weight excluding hydrogens is 694 g/mol. The standard InChI is InChI=1S/C20H26ClO3P.C19H25O5P/c1-13(2)18-10-16(6-7-20(18)22)11-19-14(3)8-17(9-15(19)4)24-12-25(5,21)23;1-12(2)17-9-15(5-6-19(17)20)10-18-13(3)7-16(8-14(18)4)24-11-25(21,22)23/h6-10,13,22H,11-12H2,1-5H3;5-9,12,20H,10-11H2,1-4H3,(H2,21,22,23). The number of phenols is 2. The van der Waals surface area contributed by atoms with Gasteiger partial charge in [-0.15, -0.1) is 0 Å². The maximum absolute atomic E-state index is 11.6. The van der Waals surface area contributed by atoms with E-state index in [0.29, 0.717) is 23.0 Å². The molecule has 0 aliphatic heterocycles. The zero-order valence-corrected chi connectivity index (χ0v) is 33.0. The third-order valence-corrected chi connectivity index (χ3v) is 9.74. The molecule has 0 aromatic heterocycles. The van der Waals surface area contributed by atoms with E-state index >= 15 is 0 Å². The summed E-state index contributed by atoms with van der Waals surface area (Å²) in [5, 5.41) is 20.0. The van der Waals surface area contributed by atoms with E-state index in [1.54, 1.807) is 24.3 Å². The lowest BCUT2D eigenvalue weighted by molar-refractivity contribution is 0.300. The van der Waals surface area contributed by atoms with Gasteiger partial charge in [-0.2, -0.15) is 0 Å². The molecule has 0 amide bonds. The summed E-state index contributed by atoms with van der Waals surface area (Å²) in [6.07, 6.45) is 0.916. The van der Waals surface area contributed by atoms with Crippen LogP contribution in [0.3, 0.4) is 0 Å². The Labute approximate surface area is 301 Å². The Morgan fingerprint density at radius 2 is 0.960 bits per heavy atom. The first-order valence-electron chi connectivity index (χ1n) is 16.5. The van der Waals surface area contributed by atoms with Crippen molar-refractivity contribution in [3.8, 4) is 23.0 Å². The van der Waals surface area contributed by atoms with Crippen molar-refractivity contribution >= 4 is 25.3 Å². The van der Waals surface area contributed by atoms with E-state index in [-0.39, 0.29) is 18.2 Å². The van der Waals surface area contributed by atoms with E-state index in [9.17, 15) is 19.3 Å². The van der Waals surface area contributed by atoms with E-state index in [2.05, 4.69) is 19.9 Å². The smallest absolute Gasteiger partial charge is 0.362 e. The van der Waals surface area contributed by atoms with E-state index in [4.69, 9.17) is 30.5 Å². The second-order valence-electron chi connectivity index (χ2n) is 13.7. The first-order valence-corrected chi connectivity index (χ1v) is 21.6. The van der Waals surface area contributed by atoms with Crippen LogP contribution < -0.4 is 9.47 Å². The Bertz CT molecular complexity index is 1710. The Morgan fingerprint density at radius 1 is 0.620 bits per heavy atom. The number of halogens is 1. The van der Waals surface area contributed by atoms with Crippen LogP contribution in [-0.2, 0) is 22.0 Å². The van der Waals surface area contributed by atoms with Gasteiger partial charge in [-0.1, -0.05) is 63.2 Å². The number of ether oxygens (including phenoxy) is 2. The van der Waals surface area contributed by atoms with Gasteiger partial charge in [0.25, 0.3) is 0 Å². The van der Waals surface area contributed by atoms with Crippen molar-refractivity contribution in [2.75, 3.05) is 19.4 Å². The number of rotatable bonds is 12. The number of hydrogen-bond acceptors (Lipinski definition) is 6. The lowest BCUT2D eigenvalue weighted by Gasteiger charge is -2.16. The van der Waals surface area contributed by atoms with Crippen LogP contribution in [0.1, 0.15) is 95.2 Å². The summed E-state index contributed by atoms with van der Waals surface area (Å²) in [5.41, 5.74) is 10.8. The van der Waals surface area contributed by atoms with Gasteiger partial charge < -0.3 is 34.0 Å². The van der Waals surface area contributed by atoms with Crippen LogP contribution in [0.25, 0.3) is 0 Å². The van der Waals surface area contributed by atoms with Gasteiger partial charge in [0.05, 0.1) is 0 Å². The normalized spacial score (nSPS) is 12.8. The van der Waals surface area contributed by atoms with Gasteiger partial charge in [0.15, 0.2) is 12.7 Å². The molecule has 1 atom stereocenters. The zero-order valence-electron chi connectivity index (χ0n) is 30.5. The summed E-state index contributed by atoms with van der Waals surface area (Å²) in [6.45, 7) is 15.0. The average Bonchev–Trinajstić information content (AvgIpc) is 2.99. The van der Waals surface area contributed by atoms with Crippen LogP contribution >= 0.6 is 25.3 Å². The highest BCUT2D eigenvalue weighted by Crippen LogP contribution is 2.46. The number of hydrogen-bond donors (Lipinski definition) is 4. The highest BCUT2D eigenvalue weighted by molar-refractivity contribution is 7.88. The molecule has 0 radical (unpaired) electrons. The first-order chi connectivity index (χ1) is 23.1.